The van der Waals surface area contributed by atoms with E-state index in [0.29, 0.717) is 0 Å². The molecule has 1 aliphatic heterocycles. The fourth-order valence-electron chi connectivity index (χ4n) is 1.69. The molecule has 1 saturated heterocycles. The summed E-state index contributed by atoms with van der Waals surface area (Å²) in [6.07, 6.45) is 1.76. The van der Waals surface area contributed by atoms with Crippen LogP contribution in [0.15, 0.2) is 34.2 Å². The molecule has 1 aliphatic rings. The van der Waals surface area contributed by atoms with Gasteiger partial charge in [-0.25, -0.2) is 4.31 Å². The van der Waals surface area contributed by atoms with Crippen LogP contribution in [0.3, 0.4) is 0 Å². The Balaban J connectivity index is 1.52. The maximum Gasteiger partial charge on any atom is 0.0925 e. The van der Waals surface area contributed by atoms with Gasteiger partial charge in [0.25, 0.3) is 0 Å². The number of nitrogens with one attached hydrogen (secondary N) is 2. The summed E-state index contributed by atoms with van der Waals surface area (Å²) in [6, 6.07) is 7.72. The summed E-state index contributed by atoms with van der Waals surface area (Å²) in [4.78, 5) is 5.46. The quantitative estimate of drug-likeness (QED) is 0.348. The van der Waals surface area contributed by atoms with Crippen molar-refractivity contribution in [2.24, 2.45) is 4.99 Å². The average Bonchev–Trinajstić information content (AvgIpc) is 2.49. The van der Waals surface area contributed by atoms with Crippen molar-refractivity contribution >= 4 is 41.8 Å². The first-order chi connectivity index (χ1) is 9.84. The third kappa shape index (κ3) is 6.37. The van der Waals surface area contributed by atoms with Crippen molar-refractivity contribution in [3.63, 3.8) is 0 Å². The zero-order valence-electron chi connectivity index (χ0n) is 11.2. The van der Waals surface area contributed by atoms with Gasteiger partial charge in [0, 0.05) is 41.8 Å². The third-order valence-corrected chi connectivity index (χ3v) is 4.78. The average molecular weight is 331 g/mol. The predicted octanol–water partition coefficient (Wildman–Crippen LogP) is 2.52. The minimum absolute atomic E-state index is 0.757. The topological polar surface area (TPSA) is 39.7 Å². The first-order valence-electron chi connectivity index (χ1n) is 6.59. The lowest BCUT2D eigenvalue weighted by Gasteiger charge is -2.25. The molecular formula is C13H19ClN4S2. The molecule has 110 valence electrons. The van der Waals surface area contributed by atoms with Crippen molar-refractivity contribution < 1.29 is 0 Å². The summed E-state index contributed by atoms with van der Waals surface area (Å²) >= 11 is 9.24. The summed E-state index contributed by atoms with van der Waals surface area (Å²) in [5.74, 6) is 1.03. The van der Waals surface area contributed by atoms with Crippen molar-refractivity contribution in [3.8, 4) is 0 Å². The van der Waals surface area contributed by atoms with Crippen LogP contribution in [-0.4, -0.2) is 49.1 Å². The van der Waals surface area contributed by atoms with Gasteiger partial charge >= 0.3 is 0 Å². The van der Waals surface area contributed by atoms with Crippen LogP contribution in [0.1, 0.15) is 0 Å². The molecule has 2 rings (SSSR count). The number of aliphatic imine (C=N–C) groups is 1. The van der Waals surface area contributed by atoms with Crippen LogP contribution in [0.5, 0.6) is 0 Å². The summed E-state index contributed by atoms with van der Waals surface area (Å²) in [7, 11) is 0. The van der Waals surface area contributed by atoms with Crippen LogP contribution >= 0.6 is 35.5 Å². The molecule has 0 unspecified atom stereocenters. The number of hydrogen-bond acceptors (Lipinski definition) is 5. The Hall–Kier alpha value is -0.400. The van der Waals surface area contributed by atoms with Crippen LogP contribution in [-0.2, 0) is 0 Å². The molecule has 4 nitrogen and oxygen atoms in total. The maximum atomic E-state index is 5.83. The highest BCUT2D eigenvalue weighted by molar-refractivity contribution is 7.98. The van der Waals surface area contributed by atoms with Crippen molar-refractivity contribution in [3.05, 3.63) is 29.3 Å². The maximum absolute atomic E-state index is 5.83. The molecule has 2 N–H and O–H groups in total. The van der Waals surface area contributed by atoms with E-state index in [1.165, 1.54) is 11.9 Å². The van der Waals surface area contributed by atoms with Crippen molar-refractivity contribution in [1.29, 1.82) is 0 Å². The Kier molecular flexibility index (Phi) is 7.61. The second-order valence-electron chi connectivity index (χ2n) is 4.22. The highest BCUT2D eigenvalue weighted by Crippen LogP contribution is 2.17. The fraction of sp³-hybridized carbons (Fsp3) is 0.462. The van der Waals surface area contributed by atoms with Gasteiger partial charge in [-0.3, -0.25) is 4.99 Å². The van der Waals surface area contributed by atoms with Gasteiger partial charge in [-0.1, -0.05) is 23.5 Å². The smallest absolute Gasteiger partial charge is 0.0925 e. The standard InChI is InChI=1S/C13H19ClN4S2/c14-12-1-3-13(4-2-12)20-17-11-16-7-10-19-18-8-5-15-6-9-18/h1-4,11,15H,5-10H2,(H,16,17). The summed E-state index contributed by atoms with van der Waals surface area (Å²) in [5, 5.41) is 4.10. The van der Waals surface area contributed by atoms with Crippen LogP contribution in [0.4, 0.5) is 0 Å². The molecule has 0 bridgehead atoms. The molecule has 0 saturated carbocycles. The summed E-state index contributed by atoms with van der Waals surface area (Å²) < 4.78 is 5.51. The molecule has 1 fully saturated rings. The fourth-order valence-corrected chi connectivity index (χ4v) is 3.24. The zero-order chi connectivity index (χ0) is 14.0. The number of benzene rings is 1. The Morgan fingerprint density at radius 1 is 1.30 bits per heavy atom. The third-order valence-electron chi connectivity index (χ3n) is 2.70. The first kappa shape index (κ1) is 16.0. The molecular weight excluding hydrogens is 312 g/mol. The van der Waals surface area contributed by atoms with E-state index in [0.717, 1.165) is 48.4 Å². The van der Waals surface area contributed by atoms with E-state index in [1.807, 2.05) is 36.2 Å². The van der Waals surface area contributed by atoms with E-state index in [2.05, 4.69) is 19.3 Å². The summed E-state index contributed by atoms with van der Waals surface area (Å²) in [5.41, 5.74) is 0. The van der Waals surface area contributed by atoms with Gasteiger partial charge in [0.15, 0.2) is 0 Å². The van der Waals surface area contributed by atoms with E-state index < -0.39 is 0 Å². The minimum atomic E-state index is 0.757. The number of halogens is 1. The van der Waals surface area contributed by atoms with Gasteiger partial charge in [-0.2, -0.15) is 0 Å². The van der Waals surface area contributed by atoms with Crippen molar-refractivity contribution in [1.82, 2.24) is 14.3 Å². The number of hydrogen-bond donors (Lipinski definition) is 2. The predicted molar refractivity (Wildman–Crippen MR) is 90.7 cm³/mol. The Morgan fingerprint density at radius 3 is 2.80 bits per heavy atom. The molecule has 20 heavy (non-hydrogen) atoms. The molecule has 1 heterocycles. The van der Waals surface area contributed by atoms with Crippen LogP contribution in [0.2, 0.25) is 5.02 Å². The molecule has 0 aliphatic carbocycles. The molecule has 0 spiro atoms. The Bertz CT molecular complexity index is 407. The lowest BCUT2D eigenvalue weighted by molar-refractivity contribution is 0.396. The van der Waals surface area contributed by atoms with Gasteiger partial charge in [-0.05, 0) is 36.2 Å². The number of nitrogens with zero attached hydrogens (tertiary/aromatic N) is 2. The molecule has 0 amide bonds. The SMILES string of the molecule is Clc1ccc(SNC=NCCSN2CCNCC2)cc1. The zero-order valence-corrected chi connectivity index (χ0v) is 13.6. The van der Waals surface area contributed by atoms with Crippen LogP contribution in [0.25, 0.3) is 0 Å². The lowest BCUT2D eigenvalue weighted by Crippen LogP contribution is -2.40. The number of piperazine rings is 1. The normalized spacial score (nSPS) is 16.6. The van der Waals surface area contributed by atoms with E-state index in [-0.39, 0.29) is 0 Å². The van der Waals surface area contributed by atoms with E-state index in [1.54, 1.807) is 6.34 Å². The van der Waals surface area contributed by atoms with Gasteiger partial charge in [0.2, 0.25) is 0 Å². The van der Waals surface area contributed by atoms with Crippen molar-refractivity contribution in [2.75, 3.05) is 38.5 Å². The van der Waals surface area contributed by atoms with E-state index >= 15 is 0 Å². The summed E-state index contributed by atoms with van der Waals surface area (Å²) in [6.45, 7) is 5.27. The molecule has 1 aromatic rings. The van der Waals surface area contributed by atoms with Gasteiger partial charge in [0.05, 0.1) is 12.9 Å². The van der Waals surface area contributed by atoms with Gasteiger partial charge < -0.3 is 10.0 Å². The van der Waals surface area contributed by atoms with Gasteiger partial charge in [-0.15, -0.1) is 0 Å². The lowest BCUT2D eigenvalue weighted by atomic mass is 10.4. The van der Waals surface area contributed by atoms with Crippen LogP contribution in [0, 0.1) is 0 Å². The minimum Gasteiger partial charge on any atom is -0.317 e. The molecule has 0 aromatic heterocycles. The second kappa shape index (κ2) is 9.52. The molecule has 7 heteroatoms. The van der Waals surface area contributed by atoms with Gasteiger partial charge in [0.1, 0.15) is 0 Å². The second-order valence-corrected chi connectivity index (χ2v) is 6.75. The monoisotopic (exact) mass is 330 g/mol. The Labute approximate surface area is 134 Å². The van der Waals surface area contributed by atoms with Crippen molar-refractivity contribution in [2.45, 2.75) is 4.90 Å². The van der Waals surface area contributed by atoms with E-state index in [4.69, 9.17) is 11.6 Å². The molecule has 0 radical (unpaired) electrons. The largest absolute Gasteiger partial charge is 0.317 e. The Morgan fingerprint density at radius 2 is 2.05 bits per heavy atom. The first-order valence-corrected chi connectivity index (χ1v) is 8.73. The van der Waals surface area contributed by atoms with E-state index in [9.17, 15) is 0 Å². The highest BCUT2D eigenvalue weighted by Gasteiger charge is 2.08. The number of rotatable bonds is 7. The molecule has 1 aromatic carbocycles. The highest BCUT2D eigenvalue weighted by atomic mass is 35.5. The molecule has 0 atom stereocenters. The van der Waals surface area contributed by atoms with Crippen LogP contribution < -0.4 is 10.0 Å².